The van der Waals surface area contributed by atoms with E-state index < -0.39 is 5.67 Å². The van der Waals surface area contributed by atoms with Gasteiger partial charge in [-0.1, -0.05) is 30.3 Å². The maximum Gasteiger partial charge on any atom is 0.137 e. The zero-order valence-electron chi connectivity index (χ0n) is 12.5. The van der Waals surface area contributed by atoms with Crippen LogP contribution in [0.1, 0.15) is 36.7 Å². The van der Waals surface area contributed by atoms with Gasteiger partial charge in [-0.05, 0) is 69.5 Å². The largest absolute Gasteiger partial charge is 0.369 e. The van der Waals surface area contributed by atoms with E-state index in [2.05, 4.69) is 66.9 Å². The first kappa shape index (κ1) is 16.3. The van der Waals surface area contributed by atoms with Crippen molar-refractivity contribution in [3.63, 3.8) is 0 Å². The number of hydrogen-bond donors (Lipinski definition) is 0. The van der Waals surface area contributed by atoms with Gasteiger partial charge in [0.25, 0.3) is 0 Å². The predicted molar refractivity (Wildman–Crippen MR) is 103 cm³/mol. The first-order valence-corrected chi connectivity index (χ1v) is 9.94. The first-order chi connectivity index (χ1) is 11.1. The van der Waals surface area contributed by atoms with Crippen LogP contribution in [-0.2, 0) is 18.0 Å². The van der Waals surface area contributed by atoms with E-state index >= 15 is 0 Å². The standard InChI is InChI=1S/C17H17FI2N2O/c18-17-6-12(7-17)13(8-17)22-14(21-15(19)16(22)20)10-23-9-11-4-2-1-3-5-11/h1-5,12-13H,6-10H2/t12?,13-,17?/m1/s1. The Morgan fingerprint density at radius 3 is 2.57 bits per heavy atom. The summed E-state index contributed by atoms with van der Waals surface area (Å²) in [4.78, 5) is 4.66. The molecule has 0 unspecified atom stereocenters. The van der Waals surface area contributed by atoms with E-state index in [9.17, 15) is 4.39 Å². The van der Waals surface area contributed by atoms with Gasteiger partial charge in [-0.25, -0.2) is 9.37 Å². The molecule has 2 aromatic rings. The molecular weight excluding hydrogens is 521 g/mol. The van der Waals surface area contributed by atoms with Gasteiger partial charge < -0.3 is 9.30 Å². The number of benzene rings is 1. The van der Waals surface area contributed by atoms with Crippen LogP contribution in [0.4, 0.5) is 4.39 Å². The average molecular weight is 538 g/mol. The van der Waals surface area contributed by atoms with Crippen LogP contribution in [-0.4, -0.2) is 15.2 Å². The van der Waals surface area contributed by atoms with Gasteiger partial charge >= 0.3 is 0 Å². The molecule has 122 valence electrons. The fraction of sp³-hybridized carbons (Fsp3) is 0.471. The van der Waals surface area contributed by atoms with Crippen molar-refractivity contribution in [3.8, 4) is 0 Å². The van der Waals surface area contributed by atoms with Crippen LogP contribution in [0.2, 0.25) is 0 Å². The van der Waals surface area contributed by atoms with Gasteiger partial charge in [0.1, 0.15) is 25.5 Å². The van der Waals surface area contributed by atoms with Crippen LogP contribution in [0.25, 0.3) is 0 Å². The lowest BCUT2D eigenvalue weighted by atomic mass is 9.81. The number of aromatic nitrogens is 2. The number of ether oxygens (including phenoxy) is 1. The highest BCUT2D eigenvalue weighted by atomic mass is 127. The molecule has 6 heteroatoms. The van der Waals surface area contributed by atoms with Crippen LogP contribution in [0.15, 0.2) is 30.3 Å². The number of halogens is 3. The Morgan fingerprint density at radius 2 is 1.91 bits per heavy atom. The minimum Gasteiger partial charge on any atom is -0.369 e. The molecule has 3 nitrogen and oxygen atoms in total. The number of fused-ring (bicyclic) bond motifs is 1. The van der Waals surface area contributed by atoms with Crippen molar-refractivity contribution >= 4 is 45.2 Å². The van der Waals surface area contributed by atoms with Crippen LogP contribution in [0.3, 0.4) is 0 Å². The molecule has 3 aliphatic rings. The highest BCUT2D eigenvalue weighted by Gasteiger charge is 2.58. The normalized spacial score (nSPS) is 28.8. The highest BCUT2D eigenvalue weighted by molar-refractivity contribution is 14.1. The van der Waals surface area contributed by atoms with E-state index in [4.69, 9.17) is 4.74 Å². The lowest BCUT2D eigenvalue weighted by Crippen LogP contribution is -2.30. The predicted octanol–water partition coefficient (Wildman–Crippen LogP) is 4.87. The van der Waals surface area contributed by atoms with E-state index in [1.54, 1.807) is 0 Å². The minimum absolute atomic E-state index is 0.248. The summed E-state index contributed by atoms with van der Waals surface area (Å²) in [7, 11) is 0. The lowest BCUT2D eigenvalue weighted by molar-refractivity contribution is 0.0731. The molecule has 0 aliphatic heterocycles. The van der Waals surface area contributed by atoms with Crippen molar-refractivity contribution in [1.82, 2.24) is 9.55 Å². The Bertz CT molecular complexity index is 713. The third-order valence-corrected chi connectivity index (χ3v) is 7.75. The minimum atomic E-state index is -0.920. The van der Waals surface area contributed by atoms with E-state index in [-0.39, 0.29) is 6.04 Å². The maximum absolute atomic E-state index is 14.3. The number of hydrogen-bond acceptors (Lipinski definition) is 2. The number of nitrogens with zero attached hydrogens (tertiary/aromatic N) is 2. The molecule has 2 bridgehead atoms. The molecule has 1 aromatic carbocycles. The Balaban J connectivity index is 1.49. The quantitative estimate of drug-likeness (QED) is 0.509. The molecule has 0 saturated heterocycles. The van der Waals surface area contributed by atoms with Crippen LogP contribution in [0.5, 0.6) is 0 Å². The van der Waals surface area contributed by atoms with Crippen molar-refractivity contribution in [3.05, 3.63) is 49.1 Å². The van der Waals surface area contributed by atoms with Gasteiger partial charge in [-0.2, -0.15) is 0 Å². The second-order valence-corrected chi connectivity index (χ2v) is 8.59. The third kappa shape index (κ3) is 3.06. The number of rotatable bonds is 5. The summed E-state index contributed by atoms with van der Waals surface area (Å²) in [6.45, 7) is 1.04. The number of imidazole rings is 1. The molecule has 1 heterocycles. The van der Waals surface area contributed by atoms with E-state index in [0.29, 0.717) is 38.4 Å². The molecule has 1 aromatic heterocycles. The second-order valence-electron chi connectivity index (χ2n) is 6.55. The van der Waals surface area contributed by atoms with Gasteiger partial charge in [0.05, 0.1) is 6.61 Å². The molecular formula is C17H17FI2N2O. The second kappa shape index (κ2) is 6.25. The van der Waals surface area contributed by atoms with Gasteiger partial charge in [-0.15, -0.1) is 0 Å². The molecule has 23 heavy (non-hydrogen) atoms. The summed E-state index contributed by atoms with van der Waals surface area (Å²) in [5.74, 6) is 1.39. The van der Waals surface area contributed by atoms with Crippen LogP contribution in [0, 0.1) is 13.3 Å². The number of alkyl halides is 1. The molecule has 5 rings (SSSR count). The van der Waals surface area contributed by atoms with E-state index in [1.165, 1.54) is 0 Å². The monoisotopic (exact) mass is 538 g/mol. The van der Waals surface area contributed by atoms with Crippen molar-refractivity contribution in [2.24, 2.45) is 5.92 Å². The Labute approximate surface area is 162 Å². The highest BCUT2D eigenvalue weighted by Crippen LogP contribution is 2.60. The first-order valence-electron chi connectivity index (χ1n) is 7.78. The molecule has 0 spiro atoms. The van der Waals surface area contributed by atoms with E-state index in [0.717, 1.165) is 18.8 Å². The summed E-state index contributed by atoms with van der Waals surface area (Å²) in [6.07, 6.45) is 2.06. The van der Waals surface area contributed by atoms with Crippen molar-refractivity contribution < 1.29 is 9.13 Å². The fourth-order valence-electron chi connectivity index (χ4n) is 3.86. The molecule has 0 amide bonds. The smallest absolute Gasteiger partial charge is 0.137 e. The molecule has 3 fully saturated rings. The van der Waals surface area contributed by atoms with Crippen molar-refractivity contribution in [2.75, 3.05) is 0 Å². The summed E-state index contributed by atoms with van der Waals surface area (Å²) in [5, 5.41) is 0. The van der Waals surface area contributed by atoms with Gasteiger partial charge in [-0.3, -0.25) is 0 Å². The van der Waals surface area contributed by atoms with E-state index in [1.807, 2.05) is 18.2 Å². The van der Waals surface area contributed by atoms with Crippen molar-refractivity contribution in [2.45, 2.75) is 44.2 Å². The zero-order valence-corrected chi connectivity index (χ0v) is 16.8. The average Bonchev–Trinajstić information content (AvgIpc) is 3.09. The molecule has 1 atom stereocenters. The SMILES string of the molecule is FC12CC(C1)[C@H](n1c(COCc3ccccc3)nc(I)c1I)C2. The molecule has 0 radical (unpaired) electrons. The maximum atomic E-state index is 14.3. The summed E-state index contributed by atoms with van der Waals surface area (Å²) >= 11 is 4.58. The Morgan fingerprint density at radius 1 is 1.17 bits per heavy atom. The summed E-state index contributed by atoms with van der Waals surface area (Å²) < 4.78 is 24.5. The van der Waals surface area contributed by atoms with Gasteiger partial charge in [0.2, 0.25) is 0 Å². The van der Waals surface area contributed by atoms with Crippen LogP contribution < -0.4 is 0 Å². The topological polar surface area (TPSA) is 27.1 Å². The Kier molecular flexibility index (Phi) is 4.42. The molecule has 0 N–H and O–H groups in total. The van der Waals surface area contributed by atoms with Crippen molar-refractivity contribution in [1.29, 1.82) is 0 Å². The van der Waals surface area contributed by atoms with Gasteiger partial charge in [0.15, 0.2) is 0 Å². The Hall–Kier alpha value is -0.220. The third-order valence-electron chi connectivity index (χ3n) is 4.94. The summed E-state index contributed by atoms with van der Waals surface area (Å²) in [6, 6.07) is 10.4. The molecule has 3 saturated carbocycles. The molecule has 3 aliphatic carbocycles. The summed E-state index contributed by atoms with van der Waals surface area (Å²) in [5.41, 5.74) is 0.233. The van der Waals surface area contributed by atoms with Crippen LogP contribution >= 0.6 is 45.2 Å². The zero-order chi connectivity index (χ0) is 16.0. The fourth-order valence-corrected chi connectivity index (χ4v) is 5.16. The van der Waals surface area contributed by atoms with Gasteiger partial charge in [0, 0.05) is 12.5 Å². The lowest BCUT2D eigenvalue weighted by Gasteiger charge is -2.30.